The molecule has 5 aromatic carbocycles. The third-order valence-electron chi connectivity index (χ3n) is 10.00. The summed E-state index contributed by atoms with van der Waals surface area (Å²) < 4.78 is 50.1. The van der Waals surface area contributed by atoms with E-state index in [-0.39, 0.29) is 33.0 Å². The molecule has 11 nitrogen and oxygen atoms in total. The first-order chi connectivity index (χ1) is 28.5. The lowest BCUT2D eigenvalue weighted by atomic mass is 9.98. The van der Waals surface area contributed by atoms with Crippen LogP contribution in [0.3, 0.4) is 0 Å². The van der Waals surface area contributed by atoms with Gasteiger partial charge in [0.2, 0.25) is 0 Å². The fourth-order valence-corrected chi connectivity index (χ4v) is 6.94. The molecule has 0 amide bonds. The number of ether oxygens (including phenoxy) is 8. The summed E-state index contributed by atoms with van der Waals surface area (Å²) in [6, 6.07) is 46.5. The van der Waals surface area contributed by atoms with Crippen molar-refractivity contribution in [2.75, 3.05) is 13.2 Å². The molecule has 0 aromatic heterocycles. The van der Waals surface area contributed by atoms with Crippen LogP contribution in [0.15, 0.2) is 152 Å². The molecule has 1 N–H and O–H groups in total. The van der Waals surface area contributed by atoms with Crippen LogP contribution in [-0.4, -0.2) is 79.5 Å². The molecule has 0 bridgehead atoms. The van der Waals surface area contributed by atoms with Gasteiger partial charge in [-0.1, -0.05) is 127 Å². The van der Waals surface area contributed by atoms with Gasteiger partial charge in [0.1, 0.15) is 43.2 Å². The minimum atomic E-state index is -1.38. The molecule has 58 heavy (non-hydrogen) atoms. The Morgan fingerprint density at radius 2 is 0.966 bits per heavy atom. The Morgan fingerprint density at radius 1 is 0.500 bits per heavy atom. The normalized spacial score (nSPS) is 24.4. The molecule has 2 heterocycles. The molecule has 11 heteroatoms. The van der Waals surface area contributed by atoms with Crippen LogP contribution in [0.4, 0.5) is 0 Å². The average molecular weight is 789 g/mol. The third kappa shape index (κ3) is 11.5. The molecular weight excluding hydrogens is 741 g/mol. The van der Waals surface area contributed by atoms with Gasteiger partial charge < -0.3 is 43.0 Å². The quantitative estimate of drug-likeness (QED) is 0.0973. The summed E-state index contributed by atoms with van der Waals surface area (Å²) in [5, 5.41) is 11.5. The predicted molar refractivity (Wildman–Crippen MR) is 212 cm³/mol. The molecule has 0 aliphatic carbocycles. The molecule has 2 aliphatic heterocycles. The molecule has 0 radical (unpaired) electrons. The van der Waals surface area contributed by atoms with Crippen molar-refractivity contribution in [1.82, 2.24) is 0 Å². The van der Waals surface area contributed by atoms with Crippen molar-refractivity contribution in [3.63, 3.8) is 0 Å². The maximum Gasteiger partial charge on any atom is 0.338 e. The topological polar surface area (TPSA) is 128 Å². The van der Waals surface area contributed by atoms with E-state index >= 15 is 0 Å². The lowest BCUT2D eigenvalue weighted by Gasteiger charge is -2.45. The zero-order valence-corrected chi connectivity index (χ0v) is 32.0. The van der Waals surface area contributed by atoms with Crippen LogP contribution in [-0.2, 0) is 57.7 Å². The molecule has 8 atom stereocenters. The van der Waals surface area contributed by atoms with Crippen molar-refractivity contribution < 1.29 is 52.6 Å². The number of aliphatic hydroxyl groups excluding tert-OH is 1. The van der Waals surface area contributed by atoms with Crippen molar-refractivity contribution in [1.29, 1.82) is 0 Å². The van der Waals surface area contributed by atoms with E-state index < -0.39 is 61.1 Å². The summed E-state index contributed by atoms with van der Waals surface area (Å²) in [4.78, 5) is 26.0. The van der Waals surface area contributed by atoms with Gasteiger partial charge in [0.15, 0.2) is 12.6 Å². The second-order valence-electron chi connectivity index (χ2n) is 14.1. The summed E-state index contributed by atoms with van der Waals surface area (Å²) in [7, 11) is 0. The van der Waals surface area contributed by atoms with E-state index in [0.717, 1.165) is 16.7 Å². The van der Waals surface area contributed by atoms with Crippen molar-refractivity contribution in [2.45, 2.75) is 81.9 Å². The zero-order chi connectivity index (χ0) is 39.9. The van der Waals surface area contributed by atoms with Gasteiger partial charge in [-0.2, -0.15) is 0 Å². The standard InChI is InChI=1S/C47H48O11/c48-45(36-22-12-4-13-23-36)55-31-39-38(57-46(49)37-24-14-5-15-25-37)26-27-41(56-39)51-32-40-42(52-28-33-16-6-1-7-17-33)43(53-29-34-18-8-2-9-19-34)44(47(50)58-40)54-30-35-20-10-3-11-21-35/h1-25,38-44,47,50H,26-32H2/t38-,39+,40+,41+,42+,43-,44+,47-/m0/s1. The second-order valence-corrected chi connectivity index (χ2v) is 14.1. The Hall–Kier alpha value is -5.24. The highest BCUT2D eigenvalue weighted by molar-refractivity contribution is 5.90. The van der Waals surface area contributed by atoms with Gasteiger partial charge in [-0.25, -0.2) is 9.59 Å². The van der Waals surface area contributed by atoms with Crippen LogP contribution < -0.4 is 0 Å². The van der Waals surface area contributed by atoms with Gasteiger partial charge in [-0.3, -0.25) is 0 Å². The van der Waals surface area contributed by atoms with Crippen LogP contribution in [0.25, 0.3) is 0 Å². The third-order valence-corrected chi connectivity index (χ3v) is 10.00. The first-order valence-corrected chi connectivity index (χ1v) is 19.6. The van der Waals surface area contributed by atoms with E-state index in [1.165, 1.54) is 0 Å². The van der Waals surface area contributed by atoms with E-state index in [2.05, 4.69) is 0 Å². The summed E-state index contributed by atoms with van der Waals surface area (Å²) in [5.41, 5.74) is 3.59. The van der Waals surface area contributed by atoms with Gasteiger partial charge >= 0.3 is 11.9 Å². The molecule has 5 aromatic rings. The lowest BCUT2D eigenvalue weighted by molar-refractivity contribution is -0.325. The van der Waals surface area contributed by atoms with E-state index in [1.54, 1.807) is 48.5 Å². The van der Waals surface area contributed by atoms with E-state index in [9.17, 15) is 14.7 Å². The number of carbonyl (C=O) groups is 2. The molecule has 2 saturated heterocycles. The highest BCUT2D eigenvalue weighted by Crippen LogP contribution is 2.32. The Morgan fingerprint density at radius 3 is 1.50 bits per heavy atom. The first kappa shape index (κ1) is 40.9. The number of aliphatic hydroxyl groups is 1. The highest BCUT2D eigenvalue weighted by atomic mass is 16.7. The van der Waals surface area contributed by atoms with Gasteiger partial charge in [-0.15, -0.1) is 0 Å². The first-order valence-electron chi connectivity index (χ1n) is 19.6. The molecule has 2 fully saturated rings. The molecule has 302 valence electrons. The number of hydrogen-bond donors (Lipinski definition) is 1. The molecule has 2 aliphatic rings. The molecular formula is C47H48O11. The maximum atomic E-state index is 13.1. The number of benzene rings is 5. The van der Waals surface area contributed by atoms with Gasteiger partial charge in [0.05, 0.1) is 37.6 Å². The van der Waals surface area contributed by atoms with Crippen LogP contribution in [0.2, 0.25) is 0 Å². The zero-order valence-electron chi connectivity index (χ0n) is 32.0. The average Bonchev–Trinajstić information content (AvgIpc) is 3.28. The van der Waals surface area contributed by atoms with E-state index in [0.29, 0.717) is 24.0 Å². The molecule has 7 rings (SSSR count). The molecule has 0 spiro atoms. The second kappa shape index (κ2) is 21.0. The summed E-state index contributed by atoms with van der Waals surface area (Å²) in [6.07, 6.45) is -6.24. The highest BCUT2D eigenvalue weighted by Gasteiger charge is 2.48. The SMILES string of the molecule is O=C(OC[C@H]1O[C@@H](OC[C@H]2O[C@H](O)[C@H](OCc3ccccc3)[C@@H](OCc3ccccc3)[C@@H]2OCc2ccccc2)CC[C@@H]1OC(=O)c1ccccc1)c1ccccc1. The van der Waals surface area contributed by atoms with Crippen molar-refractivity contribution >= 4 is 11.9 Å². The Kier molecular flexibility index (Phi) is 14.8. The molecule has 0 unspecified atom stereocenters. The summed E-state index contributed by atoms with van der Waals surface area (Å²) in [5.74, 6) is -1.05. The van der Waals surface area contributed by atoms with Crippen molar-refractivity contribution in [3.8, 4) is 0 Å². The Balaban J connectivity index is 1.07. The van der Waals surface area contributed by atoms with Gasteiger partial charge in [0, 0.05) is 6.42 Å². The summed E-state index contributed by atoms with van der Waals surface area (Å²) >= 11 is 0. The number of carbonyl (C=O) groups excluding carboxylic acids is 2. The van der Waals surface area contributed by atoms with Gasteiger partial charge in [-0.05, 0) is 47.4 Å². The summed E-state index contributed by atoms with van der Waals surface area (Å²) in [6.45, 7) is 0.452. The van der Waals surface area contributed by atoms with Gasteiger partial charge in [0.25, 0.3) is 0 Å². The smallest absolute Gasteiger partial charge is 0.338 e. The largest absolute Gasteiger partial charge is 0.459 e. The Labute approximate surface area is 338 Å². The predicted octanol–water partition coefficient (Wildman–Crippen LogP) is 7.06. The monoisotopic (exact) mass is 788 g/mol. The van der Waals surface area contributed by atoms with Crippen LogP contribution in [0, 0.1) is 0 Å². The van der Waals surface area contributed by atoms with E-state index in [1.807, 2.05) is 103 Å². The lowest BCUT2D eigenvalue weighted by Crippen LogP contribution is -2.61. The number of rotatable bonds is 17. The van der Waals surface area contributed by atoms with Crippen molar-refractivity contribution in [3.05, 3.63) is 179 Å². The number of hydrogen-bond acceptors (Lipinski definition) is 11. The molecule has 0 saturated carbocycles. The maximum absolute atomic E-state index is 13.1. The minimum Gasteiger partial charge on any atom is -0.459 e. The fraction of sp³-hybridized carbons (Fsp3) is 0.319. The van der Waals surface area contributed by atoms with Crippen molar-refractivity contribution in [2.24, 2.45) is 0 Å². The van der Waals surface area contributed by atoms with E-state index in [4.69, 9.17) is 37.9 Å². The Bertz CT molecular complexity index is 1970. The van der Waals surface area contributed by atoms with Crippen LogP contribution >= 0.6 is 0 Å². The fourth-order valence-electron chi connectivity index (χ4n) is 6.94. The minimum absolute atomic E-state index is 0.0528. The number of esters is 2. The van der Waals surface area contributed by atoms with Crippen LogP contribution in [0.5, 0.6) is 0 Å². The van der Waals surface area contributed by atoms with Crippen LogP contribution in [0.1, 0.15) is 50.2 Å².